The van der Waals surface area contributed by atoms with Crippen molar-refractivity contribution < 1.29 is 17.9 Å². The molecule has 0 aliphatic rings. The number of benzene rings is 2. The van der Waals surface area contributed by atoms with Crippen molar-refractivity contribution in [1.82, 2.24) is 4.31 Å². The Labute approximate surface area is 158 Å². The van der Waals surface area contributed by atoms with Crippen LogP contribution < -0.4 is 10.1 Å². The van der Waals surface area contributed by atoms with Gasteiger partial charge in [-0.15, -0.1) is 0 Å². The highest BCUT2D eigenvalue weighted by Crippen LogP contribution is 2.29. The molecule has 0 aliphatic heterocycles. The van der Waals surface area contributed by atoms with Crippen LogP contribution in [-0.4, -0.2) is 38.3 Å². The number of hydrogen-bond acceptors (Lipinski definition) is 4. The maximum absolute atomic E-state index is 12.8. The van der Waals surface area contributed by atoms with E-state index in [9.17, 15) is 13.2 Å². The first-order valence-electron chi connectivity index (χ1n) is 8.15. The highest BCUT2D eigenvalue weighted by Gasteiger charge is 2.26. The predicted molar refractivity (Wildman–Crippen MR) is 102 cm³/mol. The quantitative estimate of drug-likeness (QED) is 0.742. The van der Waals surface area contributed by atoms with E-state index in [-0.39, 0.29) is 22.3 Å². The summed E-state index contributed by atoms with van der Waals surface area (Å²) in [5.41, 5.74) is 0.633. The zero-order chi connectivity index (χ0) is 19.2. The summed E-state index contributed by atoms with van der Waals surface area (Å²) < 4.78 is 32.4. The first-order valence-corrected chi connectivity index (χ1v) is 9.97. The van der Waals surface area contributed by atoms with Crippen LogP contribution in [0.2, 0.25) is 5.02 Å². The number of sulfonamides is 1. The molecule has 0 saturated carbocycles. The molecule has 0 saturated heterocycles. The van der Waals surface area contributed by atoms with Crippen molar-refractivity contribution in [3.8, 4) is 5.75 Å². The minimum Gasteiger partial charge on any atom is -0.482 e. The summed E-state index contributed by atoms with van der Waals surface area (Å²) in [6.07, 6.45) is 0. The average Bonchev–Trinajstić information content (AvgIpc) is 2.62. The van der Waals surface area contributed by atoms with Gasteiger partial charge in [0.05, 0.1) is 0 Å². The van der Waals surface area contributed by atoms with E-state index in [2.05, 4.69) is 5.32 Å². The van der Waals surface area contributed by atoms with Crippen molar-refractivity contribution in [2.45, 2.75) is 18.7 Å². The van der Waals surface area contributed by atoms with Crippen molar-refractivity contribution in [3.05, 3.63) is 53.6 Å². The standard InChI is InChI=1S/C18H21ClN2O4S/c1-3-21(4-2)26(23,24)17-12-14(19)10-11-16(17)25-13-18(22)20-15-8-6-5-7-9-15/h5-12H,3-4,13H2,1-2H3,(H,20,22). The average molecular weight is 397 g/mol. The predicted octanol–water partition coefficient (Wildman–Crippen LogP) is 3.39. The molecular formula is C18H21ClN2O4S. The fourth-order valence-electron chi connectivity index (χ4n) is 2.37. The number of hydrogen-bond donors (Lipinski definition) is 1. The molecule has 0 heterocycles. The van der Waals surface area contributed by atoms with E-state index in [4.69, 9.17) is 16.3 Å². The van der Waals surface area contributed by atoms with Gasteiger partial charge in [0.25, 0.3) is 5.91 Å². The second-order valence-electron chi connectivity index (χ2n) is 5.38. The molecule has 0 spiro atoms. The van der Waals surface area contributed by atoms with Crippen molar-refractivity contribution in [2.75, 3.05) is 25.0 Å². The largest absolute Gasteiger partial charge is 0.482 e. The lowest BCUT2D eigenvalue weighted by Crippen LogP contribution is -2.31. The summed E-state index contributed by atoms with van der Waals surface area (Å²) in [5, 5.41) is 2.95. The monoisotopic (exact) mass is 396 g/mol. The van der Waals surface area contributed by atoms with Crippen molar-refractivity contribution in [1.29, 1.82) is 0 Å². The zero-order valence-electron chi connectivity index (χ0n) is 14.6. The molecule has 6 nitrogen and oxygen atoms in total. The van der Waals surface area contributed by atoms with E-state index < -0.39 is 15.9 Å². The van der Waals surface area contributed by atoms with Crippen LogP contribution in [0.25, 0.3) is 0 Å². The molecule has 0 aromatic heterocycles. The van der Waals surface area contributed by atoms with Crippen molar-refractivity contribution >= 4 is 33.2 Å². The maximum atomic E-state index is 12.8. The first kappa shape index (κ1) is 20.2. The topological polar surface area (TPSA) is 75.7 Å². The summed E-state index contributed by atoms with van der Waals surface area (Å²) in [6.45, 7) is 3.81. The van der Waals surface area contributed by atoms with Gasteiger partial charge in [0.1, 0.15) is 10.6 Å². The van der Waals surface area contributed by atoms with Crippen LogP contribution in [0.1, 0.15) is 13.8 Å². The molecule has 2 aromatic rings. The molecule has 0 atom stereocenters. The van der Waals surface area contributed by atoms with Gasteiger partial charge < -0.3 is 10.1 Å². The third-order valence-electron chi connectivity index (χ3n) is 3.65. The van der Waals surface area contributed by atoms with E-state index in [0.29, 0.717) is 18.8 Å². The molecule has 0 unspecified atom stereocenters. The molecule has 0 fully saturated rings. The number of amides is 1. The highest BCUT2D eigenvalue weighted by molar-refractivity contribution is 7.89. The number of carbonyl (C=O) groups excluding carboxylic acids is 1. The minimum atomic E-state index is -3.77. The van der Waals surface area contributed by atoms with Gasteiger partial charge in [-0.1, -0.05) is 43.6 Å². The van der Waals surface area contributed by atoms with Gasteiger partial charge in [0, 0.05) is 23.8 Å². The van der Waals surface area contributed by atoms with Crippen LogP contribution in [0.3, 0.4) is 0 Å². The van der Waals surface area contributed by atoms with E-state index >= 15 is 0 Å². The molecule has 26 heavy (non-hydrogen) atoms. The van der Waals surface area contributed by atoms with Crippen LogP contribution in [-0.2, 0) is 14.8 Å². The van der Waals surface area contributed by atoms with Crippen LogP contribution in [0.4, 0.5) is 5.69 Å². The molecule has 140 valence electrons. The first-order chi connectivity index (χ1) is 12.4. The summed E-state index contributed by atoms with van der Waals surface area (Å²) in [7, 11) is -3.77. The number of nitrogens with zero attached hydrogens (tertiary/aromatic N) is 1. The molecule has 1 amide bonds. The smallest absolute Gasteiger partial charge is 0.262 e. The molecule has 2 aromatic carbocycles. The van der Waals surface area contributed by atoms with Crippen LogP contribution in [0.5, 0.6) is 5.75 Å². The second-order valence-corrected chi connectivity index (χ2v) is 7.73. The van der Waals surface area contributed by atoms with Gasteiger partial charge in [-0.25, -0.2) is 8.42 Å². The Bertz CT molecular complexity index is 853. The van der Waals surface area contributed by atoms with E-state index in [0.717, 1.165) is 0 Å². The Morgan fingerprint density at radius 3 is 2.38 bits per heavy atom. The molecule has 0 radical (unpaired) electrons. The van der Waals surface area contributed by atoms with Gasteiger partial charge in [0.2, 0.25) is 10.0 Å². The van der Waals surface area contributed by atoms with E-state index in [1.165, 1.54) is 22.5 Å². The number of anilines is 1. The summed E-state index contributed by atoms with van der Waals surface area (Å²) in [5.74, 6) is -0.304. The van der Waals surface area contributed by atoms with Crippen LogP contribution in [0, 0.1) is 0 Å². The second kappa shape index (κ2) is 9.02. The number of halogens is 1. The Balaban J connectivity index is 2.18. The minimum absolute atomic E-state index is 0.0544. The van der Waals surface area contributed by atoms with Gasteiger partial charge in [0.15, 0.2) is 6.61 Å². The fourth-order valence-corrected chi connectivity index (χ4v) is 4.22. The number of rotatable bonds is 8. The Morgan fingerprint density at radius 2 is 1.77 bits per heavy atom. The number of carbonyl (C=O) groups is 1. The highest BCUT2D eigenvalue weighted by atomic mass is 35.5. The van der Waals surface area contributed by atoms with Gasteiger partial charge in [-0.2, -0.15) is 4.31 Å². The third-order valence-corrected chi connectivity index (χ3v) is 5.95. The normalized spacial score (nSPS) is 11.4. The molecule has 0 bridgehead atoms. The van der Waals surface area contributed by atoms with E-state index in [1.807, 2.05) is 6.07 Å². The Hall–Kier alpha value is -2.09. The van der Waals surface area contributed by atoms with Crippen LogP contribution in [0.15, 0.2) is 53.4 Å². The lowest BCUT2D eigenvalue weighted by Gasteiger charge is -2.20. The Morgan fingerprint density at radius 1 is 1.12 bits per heavy atom. The molecular weight excluding hydrogens is 376 g/mol. The molecule has 0 aliphatic carbocycles. The van der Waals surface area contributed by atoms with Gasteiger partial charge in [-0.05, 0) is 30.3 Å². The van der Waals surface area contributed by atoms with E-state index in [1.54, 1.807) is 38.1 Å². The molecule has 2 rings (SSSR count). The van der Waals surface area contributed by atoms with Crippen molar-refractivity contribution in [2.24, 2.45) is 0 Å². The number of para-hydroxylation sites is 1. The van der Waals surface area contributed by atoms with Crippen LogP contribution >= 0.6 is 11.6 Å². The zero-order valence-corrected chi connectivity index (χ0v) is 16.2. The SMILES string of the molecule is CCN(CC)S(=O)(=O)c1cc(Cl)ccc1OCC(=O)Nc1ccccc1. The summed E-state index contributed by atoms with van der Waals surface area (Å²) in [4.78, 5) is 12.0. The third kappa shape index (κ3) is 4.97. The lowest BCUT2D eigenvalue weighted by atomic mass is 10.3. The fraction of sp³-hybridized carbons (Fsp3) is 0.278. The Kier molecular flexibility index (Phi) is 7.02. The number of nitrogens with one attached hydrogen (secondary N) is 1. The summed E-state index contributed by atoms with van der Waals surface area (Å²) >= 11 is 5.97. The lowest BCUT2D eigenvalue weighted by molar-refractivity contribution is -0.118. The van der Waals surface area contributed by atoms with Gasteiger partial charge in [-0.3, -0.25) is 4.79 Å². The molecule has 8 heteroatoms. The van der Waals surface area contributed by atoms with Crippen molar-refractivity contribution in [3.63, 3.8) is 0 Å². The molecule has 1 N–H and O–H groups in total. The number of ether oxygens (including phenoxy) is 1. The van der Waals surface area contributed by atoms with Gasteiger partial charge >= 0.3 is 0 Å². The summed E-state index contributed by atoms with van der Waals surface area (Å²) in [6, 6.07) is 13.2. The maximum Gasteiger partial charge on any atom is 0.262 e.